The first kappa shape index (κ1) is 20.3. The van der Waals surface area contributed by atoms with Crippen LogP contribution >= 0.6 is 27.7 Å². The van der Waals surface area contributed by atoms with Crippen LogP contribution in [-0.2, 0) is 4.79 Å². The average Bonchev–Trinajstić information content (AvgIpc) is 3.15. The van der Waals surface area contributed by atoms with Crippen molar-refractivity contribution in [3.63, 3.8) is 0 Å². The van der Waals surface area contributed by atoms with E-state index in [4.69, 9.17) is 4.74 Å². The first-order chi connectivity index (χ1) is 14.1. The number of rotatable bonds is 4. The summed E-state index contributed by atoms with van der Waals surface area (Å²) in [5.74, 6) is 1.71. The number of amides is 2. The molecule has 0 N–H and O–H groups in total. The molecule has 29 heavy (non-hydrogen) atoms. The second kappa shape index (κ2) is 8.79. The summed E-state index contributed by atoms with van der Waals surface area (Å²) in [5, 5.41) is 0. The molecule has 0 saturated carbocycles. The second-order valence-electron chi connectivity index (χ2n) is 7.24. The zero-order valence-corrected chi connectivity index (χ0v) is 18.5. The van der Waals surface area contributed by atoms with E-state index in [-0.39, 0.29) is 23.3 Å². The minimum absolute atomic E-state index is 0.00318. The average molecular weight is 475 g/mol. The number of carbonyl (C=O) groups excluding carboxylic acids is 2. The Labute approximate surface area is 183 Å². The van der Waals surface area contributed by atoms with Crippen LogP contribution in [0.5, 0.6) is 5.75 Å². The van der Waals surface area contributed by atoms with Crippen LogP contribution in [0.1, 0.15) is 23.2 Å². The van der Waals surface area contributed by atoms with Gasteiger partial charge in [-0.15, -0.1) is 11.8 Å². The Kier molecular flexibility index (Phi) is 6.15. The summed E-state index contributed by atoms with van der Waals surface area (Å²) in [4.78, 5) is 29.4. The van der Waals surface area contributed by atoms with Crippen LogP contribution in [0.2, 0.25) is 0 Å². The monoisotopic (exact) mass is 474 g/mol. The summed E-state index contributed by atoms with van der Waals surface area (Å²) in [6, 6.07) is 16.9. The minimum Gasteiger partial charge on any atom is -0.484 e. The molecular weight excluding hydrogens is 452 g/mol. The smallest absolute Gasteiger partial charge is 0.260 e. The fraction of sp³-hybridized carbons (Fsp3) is 0.364. The minimum atomic E-state index is -0.212. The van der Waals surface area contributed by atoms with E-state index in [0.29, 0.717) is 24.4 Å². The van der Waals surface area contributed by atoms with E-state index in [1.807, 2.05) is 76.2 Å². The molecular formula is C22H23BrN2O3S. The van der Waals surface area contributed by atoms with Gasteiger partial charge in [0.15, 0.2) is 6.61 Å². The maximum Gasteiger partial charge on any atom is 0.260 e. The van der Waals surface area contributed by atoms with Crippen molar-refractivity contribution in [3.8, 4) is 5.75 Å². The molecule has 4 rings (SSSR count). The first-order valence-corrected chi connectivity index (χ1v) is 11.5. The highest BCUT2D eigenvalue weighted by molar-refractivity contribution is 9.10. The molecule has 0 aliphatic carbocycles. The lowest BCUT2D eigenvalue weighted by Gasteiger charge is -2.44. The number of carbonyl (C=O) groups is 2. The number of para-hydroxylation sites is 1. The topological polar surface area (TPSA) is 49.9 Å². The molecule has 0 bridgehead atoms. The van der Waals surface area contributed by atoms with E-state index in [1.165, 1.54) is 0 Å². The van der Waals surface area contributed by atoms with Gasteiger partial charge in [-0.2, -0.15) is 0 Å². The number of nitrogens with zero attached hydrogens (tertiary/aromatic N) is 2. The number of hydrogen-bond acceptors (Lipinski definition) is 4. The highest BCUT2D eigenvalue weighted by atomic mass is 79.9. The van der Waals surface area contributed by atoms with Crippen molar-refractivity contribution in [2.24, 2.45) is 0 Å². The van der Waals surface area contributed by atoms with Gasteiger partial charge in [-0.1, -0.05) is 40.2 Å². The second-order valence-corrected chi connectivity index (χ2v) is 9.62. The highest BCUT2D eigenvalue weighted by Gasteiger charge is 2.47. The maximum atomic E-state index is 13.1. The first-order valence-electron chi connectivity index (χ1n) is 9.75. The Hall–Kier alpha value is -1.99. The summed E-state index contributed by atoms with van der Waals surface area (Å²) in [5.41, 5.74) is 0.705. The molecule has 2 heterocycles. The molecule has 2 aliphatic rings. The molecule has 2 fully saturated rings. The number of likely N-dealkylation sites (tertiary alicyclic amines) is 1. The summed E-state index contributed by atoms with van der Waals surface area (Å²) < 4.78 is 6.51. The number of ether oxygens (including phenoxy) is 1. The van der Waals surface area contributed by atoms with E-state index in [2.05, 4.69) is 15.9 Å². The van der Waals surface area contributed by atoms with Gasteiger partial charge in [0.2, 0.25) is 0 Å². The number of thioether (sulfide) groups is 1. The molecule has 152 valence electrons. The third-order valence-corrected chi connectivity index (χ3v) is 7.54. The molecule has 0 radical (unpaired) electrons. The molecule has 2 aromatic carbocycles. The Bertz CT molecular complexity index is 885. The SMILES string of the molecule is O=C(COc1ccccc1)N1CCC2(CC1)SCCN2C(=O)c1cccc(Br)c1. The molecule has 0 aromatic heterocycles. The Morgan fingerprint density at radius 2 is 1.79 bits per heavy atom. The molecule has 2 aromatic rings. The molecule has 0 atom stereocenters. The van der Waals surface area contributed by atoms with Crippen LogP contribution in [0, 0.1) is 0 Å². The van der Waals surface area contributed by atoms with Gasteiger partial charge >= 0.3 is 0 Å². The van der Waals surface area contributed by atoms with E-state index in [0.717, 1.165) is 29.6 Å². The molecule has 5 nitrogen and oxygen atoms in total. The maximum absolute atomic E-state index is 13.1. The largest absolute Gasteiger partial charge is 0.484 e. The normalized spacial score (nSPS) is 18.1. The third-order valence-electron chi connectivity index (χ3n) is 5.50. The van der Waals surface area contributed by atoms with Gasteiger partial charge in [0.25, 0.3) is 11.8 Å². The fourth-order valence-corrected chi connectivity index (χ4v) is 5.80. The van der Waals surface area contributed by atoms with Crippen LogP contribution in [-0.4, -0.2) is 58.5 Å². The highest BCUT2D eigenvalue weighted by Crippen LogP contribution is 2.44. The number of benzene rings is 2. The van der Waals surface area contributed by atoms with Crippen molar-refractivity contribution in [1.82, 2.24) is 9.80 Å². The third kappa shape index (κ3) is 4.46. The predicted octanol–water partition coefficient (Wildman–Crippen LogP) is 4.04. The number of halogens is 1. The summed E-state index contributed by atoms with van der Waals surface area (Å²) >= 11 is 5.30. The summed E-state index contributed by atoms with van der Waals surface area (Å²) in [6.07, 6.45) is 1.57. The van der Waals surface area contributed by atoms with Gasteiger partial charge in [-0.25, -0.2) is 0 Å². The zero-order chi connectivity index (χ0) is 20.3. The predicted molar refractivity (Wildman–Crippen MR) is 118 cm³/mol. The van der Waals surface area contributed by atoms with Crippen molar-refractivity contribution < 1.29 is 14.3 Å². The molecule has 0 unspecified atom stereocenters. The fourth-order valence-electron chi connectivity index (χ4n) is 3.95. The van der Waals surface area contributed by atoms with Crippen LogP contribution < -0.4 is 4.74 Å². The van der Waals surface area contributed by atoms with Crippen LogP contribution in [0.4, 0.5) is 0 Å². The molecule has 2 aliphatic heterocycles. The van der Waals surface area contributed by atoms with Gasteiger partial charge in [0, 0.05) is 35.4 Å². The number of piperidine rings is 1. The Balaban J connectivity index is 1.37. The molecule has 7 heteroatoms. The number of hydrogen-bond donors (Lipinski definition) is 0. The van der Waals surface area contributed by atoms with E-state index in [1.54, 1.807) is 0 Å². The lowest BCUT2D eigenvalue weighted by Crippen LogP contribution is -2.54. The summed E-state index contributed by atoms with van der Waals surface area (Å²) in [7, 11) is 0. The van der Waals surface area contributed by atoms with E-state index >= 15 is 0 Å². The van der Waals surface area contributed by atoms with Gasteiger partial charge in [-0.3, -0.25) is 9.59 Å². The van der Waals surface area contributed by atoms with Crippen molar-refractivity contribution in [1.29, 1.82) is 0 Å². The van der Waals surface area contributed by atoms with Gasteiger partial charge in [-0.05, 0) is 43.2 Å². The Morgan fingerprint density at radius 1 is 1.03 bits per heavy atom. The lowest BCUT2D eigenvalue weighted by molar-refractivity contribution is -0.135. The Morgan fingerprint density at radius 3 is 2.52 bits per heavy atom. The van der Waals surface area contributed by atoms with Crippen LogP contribution in [0.25, 0.3) is 0 Å². The van der Waals surface area contributed by atoms with Crippen molar-refractivity contribution in [2.75, 3.05) is 32.0 Å². The van der Waals surface area contributed by atoms with Crippen molar-refractivity contribution >= 4 is 39.5 Å². The molecule has 1 spiro atoms. The van der Waals surface area contributed by atoms with Crippen molar-refractivity contribution in [2.45, 2.75) is 17.7 Å². The standard InChI is InChI=1S/C22H23BrN2O3S/c23-18-6-4-5-17(15-18)21(27)25-13-14-29-22(25)9-11-24(12-10-22)20(26)16-28-19-7-2-1-3-8-19/h1-8,15H,9-14,16H2. The quantitative estimate of drug-likeness (QED) is 0.670. The molecule has 2 amide bonds. The van der Waals surface area contributed by atoms with Crippen LogP contribution in [0.3, 0.4) is 0 Å². The lowest BCUT2D eigenvalue weighted by atomic mass is 10.0. The van der Waals surface area contributed by atoms with Gasteiger partial charge < -0.3 is 14.5 Å². The van der Waals surface area contributed by atoms with Gasteiger partial charge in [0.05, 0.1) is 4.87 Å². The van der Waals surface area contributed by atoms with Crippen LogP contribution in [0.15, 0.2) is 59.1 Å². The van der Waals surface area contributed by atoms with Crippen molar-refractivity contribution in [3.05, 3.63) is 64.6 Å². The summed E-state index contributed by atoms with van der Waals surface area (Å²) in [6.45, 7) is 2.09. The van der Waals surface area contributed by atoms with Gasteiger partial charge in [0.1, 0.15) is 5.75 Å². The molecule has 2 saturated heterocycles. The van der Waals surface area contributed by atoms with E-state index in [9.17, 15) is 9.59 Å². The zero-order valence-electron chi connectivity index (χ0n) is 16.1. The van der Waals surface area contributed by atoms with E-state index < -0.39 is 0 Å².